The molecule has 29 heavy (non-hydrogen) atoms. The number of rotatable bonds is 7. The molecule has 0 bridgehead atoms. The van der Waals surface area contributed by atoms with E-state index in [0.29, 0.717) is 6.04 Å². The predicted molar refractivity (Wildman–Crippen MR) is 115 cm³/mol. The summed E-state index contributed by atoms with van der Waals surface area (Å²) in [5, 5.41) is 3.21. The molecule has 1 saturated carbocycles. The lowest BCUT2D eigenvalue weighted by atomic mass is 10.0. The second-order valence-electron chi connectivity index (χ2n) is 8.22. The van der Waals surface area contributed by atoms with E-state index >= 15 is 0 Å². The summed E-state index contributed by atoms with van der Waals surface area (Å²) in [5.74, 6) is 1.09. The number of benzene rings is 2. The molecule has 0 aromatic heterocycles. The van der Waals surface area contributed by atoms with Crippen LogP contribution in [0, 0.1) is 6.92 Å². The molecule has 1 aliphatic heterocycles. The van der Waals surface area contributed by atoms with Crippen molar-refractivity contribution < 1.29 is 9.53 Å². The Hall–Kier alpha value is -2.37. The Morgan fingerprint density at radius 2 is 1.83 bits per heavy atom. The molecule has 1 aliphatic carbocycles. The number of carbonyl (C=O) groups excluding carboxylic acids is 1. The van der Waals surface area contributed by atoms with Crippen molar-refractivity contribution in [1.29, 1.82) is 0 Å². The first-order valence-electron chi connectivity index (χ1n) is 10.6. The molecule has 1 amide bonds. The zero-order valence-electron chi connectivity index (χ0n) is 17.4. The maximum atomic E-state index is 13.0. The van der Waals surface area contributed by atoms with Gasteiger partial charge in [-0.1, -0.05) is 48.0 Å². The minimum atomic E-state index is -0.201. The summed E-state index contributed by atoms with van der Waals surface area (Å²) >= 11 is 0. The molecule has 1 heterocycles. The zero-order chi connectivity index (χ0) is 20.2. The second-order valence-corrected chi connectivity index (χ2v) is 8.22. The van der Waals surface area contributed by atoms with E-state index in [2.05, 4.69) is 52.4 Å². The van der Waals surface area contributed by atoms with Crippen molar-refractivity contribution in [3.05, 3.63) is 65.2 Å². The van der Waals surface area contributed by atoms with E-state index in [1.54, 1.807) is 7.11 Å². The Morgan fingerprint density at radius 1 is 1.10 bits per heavy atom. The Labute approximate surface area is 173 Å². The van der Waals surface area contributed by atoms with E-state index in [0.717, 1.165) is 56.9 Å². The molecule has 154 valence electrons. The van der Waals surface area contributed by atoms with Crippen molar-refractivity contribution in [2.75, 3.05) is 33.3 Å². The van der Waals surface area contributed by atoms with Crippen LogP contribution in [0.5, 0.6) is 5.75 Å². The molecular weight excluding hydrogens is 362 g/mol. The van der Waals surface area contributed by atoms with E-state index in [9.17, 15) is 4.79 Å². The number of hydrogen-bond donors (Lipinski definition) is 1. The van der Waals surface area contributed by atoms with Gasteiger partial charge in [-0.3, -0.25) is 14.6 Å². The highest BCUT2D eigenvalue weighted by atomic mass is 16.5. The van der Waals surface area contributed by atoms with Crippen LogP contribution in [0.1, 0.15) is 35.6 Å². The van der Waals surface area contributed by atoms with Crippen LogP contribution in [0.15, 0.2) is 48.5 Å². The van der Waals surface area contributed by atoms with Crippen LogP contribution in [-0.4, -0.2) is 55.0 Å². The topological polar surface area (TPSA) is 44.8 Å². The summed E-state index contributed by atoms with van der Waals surface area (Å²) in [5.41, 5.74) is 3.56. The Bertz CT molecular complexity index is 827. The van der Waals surface area contributed by atoms with E-state index < -0.39 is 0 Å². The van der Waals surface area contributed by atoms with Crippen LogP contribution < -0.4 is 10.1 Å². The summed E-state index contributed by atoms with van der Waals surface area (Å²) in [6.07, 6.45) is 2.22. The summed E-state index contributed by atoms with van der Waals surface area (Å²) in [7, 11) is 1.73. The molecule has 2 aromatic carbocycles. The minimum Gasteiger partial charge on any atom is -0.496 e. The van der Waals surface area contributed by atoms with Crippen molar-refractivity contribution in [3.63, 3.8) is 0 Å². The molecule has 1 N–H and O–H groups in total. The van der Waals surface area contributed by atoms with E-state index in [1.807, 2.05) is 18.2 Å². The van der Waals surface area contributed by atoms with Gasteiger partial charge < -0.3 is 10.1 Å². The number of carbonyl (C=O) groups is 1. The fourth-order valence-electron chi connectivity index (χ4n) is 4.12. The van der Waals surface area contributed by atoms with Gasteiger partial charge in [-0.05, 0) is 31.4 Å². The van der Waals surface area contributed by atoms with Crippen molar-refractivity contribution >= 4 is 5.91 Å². The number of ether oxygens (including phenoxy) is 1. The number of piperazine rings is 1. The quantitative estimate of drug-likeness (QED) is 0.785. The van der Waals surface area contributed by atoms with Gasteiger partial charge in [-0.15, -0.1) is 0 Å². The van der Waals surface area contributed by atoms with Crippen LogP contribution in [0.3, 0.4) is 0 Å². The fourth-order valence-corrected chi connectivity index (χ4v) is 4.12. The van der Waals surface area contributed by atoms with Gasteiger partial charge in [0.1, 0.15) is 11.8 Å². The van der Waals surface area contributed by atoms with Gasteiger partial charge in [-0.25, -0.2) is 0 Å². The average molecular weight is 394 g/mol. The summed E-state index contributed by atoms with van der Waals surface area (Å²) < 4.78 is 5.54. The molecular formula is C24H31N3O2. The third-order valence-electron chi connectivity index (χ3n) is 5.89. The molecule has 4 rings (SSSR count). The molecule has 1 saturated heterocycles. The summed E-state index contributed by atoms with van der Waals surface area (Å²) in [6.45, 7) is 6.64. The van der Waals surface area contributed by atoms with Gasteiger partial charge in [0.15, 0.2) is 0 Å². The standard InChI is InChI=1S/C24H31N3O2/c1-18-8-11-22(29-2)20(16-18)17-26-12-14-27(15-13-26)23(19-6-4-3-5-7-19)24(28)25-21-9-10-21/h3-8,11,16,21,23H,9-10,12-15,17H2,1-2H3,(H,25,28)/t23-/m0/s1. The minimum absolute atomic E-state index is 0.146. The maximum absolute atomic E-state index is 13.0. The fraction of sp³-hybridized carbons (Fsp3) is 0.458. The summed E-state index contributed by atoms with van der Waals surface area (Å²) in [6, 6.07) is 16.7. The van der Waals surface area contributed by atoms with E-state index in [-0.39, 0.29) is 11.9 Å². The number of methoxy groups -OCH3 is 1. The van der Waals surface area contributed by atoms with Crippen LogP contribution in [0.4, 0.5) is 0 Å². The van der Waals surface area contributed by atoms with Gasteiger partial charge in [0, 0.05) is 44.3 Å². The van der Waals surface area contributed by atoms with E-state index in [4.69, 9.17) is 4.74 Å². The molecule has 2 aliphatic rings. The molecule has 0 radical (unpaired) electrons. The number of nitrogens with zero attached hydrogens (tertiary/aromatic N) is 2. The third-order valence-corrected chi connectivity index (χ3v) is 5.89. The van der Waals surface area contributed by atoms with Gasteiger partial charge in [0.2, 0.25) is 5.91 Å². The Balaban J connectivity index is 1.42. The number of hydrogen-bond acceptors (Lipinski definition) is 4. The summed E-state index contributed by atoms with van der Waals surface area (Å²) in [4.78, 5) is 17.8. The largest absolute Gasteiger partial charge is 0.496 e. The van der Waals surface area contributed by atoms with Crippen molar-refractivity contribution in [1.82, 2.24) is 15.1 Å². The normalized spacial score (nSPS) is 19.0. The highest BCUT2D eigenvalue weighted by Gasteiger charge is 2.33. The lowest BCUT2D eigenvalue weighted by molar-refractivity contribution is -0.127. The van der Waals surface area contributed by atoms with Crippen molar-refractivity contribution in [2.45, 2.75) is 38.4 Å². The van der Waals surface area contributed by atoms with Crippen LogP contribution in [-0.2, 0) is 11.3 Å². The maximum Gasteiger partial charge on any atom is 0.242 e. The SMILES string of the molecule is COc1ccc(C)cc1CN1CCN([C@H](C(=O)NC2CC2)c2ccccc2)CC1. The smallest absolute Gasteiger partial charge is 0.242 e. The van der Waals surface area contributed by atoms with Crippen LogP contribution in [0.25, 0.3) is 0 Å². The van der Waals surface area contributed by atoms with Gasteiger partial charge in [-0.2, -0.15) is 0 Å². The lowest BCUT2D eigenvalue weighted by Crippen LogP contribution is -2.51. The molecule has 2 fully saturated rings. The second kappa shape index (κ2) is 8.97. The number of nitrogens with one attached hydrogen (secondary N) is 1. The van der Waals surface area contributed by atoms with E-state index in [1.165, 1.54) is 11.1 Å². The van der Waals surface area contributed by atoms with Crippen LogP contribution >= 0.6 is 0 Å². The first-order chi connectivity index (χ1) is 14.1. The average Bonchev–Trinajstić information content (AvgIpc) is 3.54. The Morgan fingerprint density at radius 3 is 2.48 bits per heavy atom. The highest BCUT2D eigenvalue weighted by molar-refractivity contribution is 5.83. The molecule has 5 nitrogen and oxygen atoms in total. The van der Waals surface area contributed by atoms with Gasteiger partial charge in [0.25, 0.3) is 0 Å². The third kappa shape index (κ3) is 4.98. The lowest BCUT2D eigenvalue weighted by Gasteiger charge is -2.39. The van der Waals surface area contributed by atoms with Gasteiger partial charge >= 0.3 is 0 Å². The molecule has 2 aromatic rings. The number of amides is 1. The van der Waals surface area contributed by atoms with Crippen LogP contribution in [0.2, 0.25) is 0 Å². The first-order valence-corrected chi connectivity index (χ1v) is 10.6. The Kier molecular flexibility index (Phi) is 6.16. The number of aryl methyl sites for hydroxylation is 1. The predicted octanol–water partition coefficient (Wildman–Crippen LogP) is 3.14. The monoisotopic (exact) mass is 393 g/mol. The van der Waals surface area contributed by atoms with Gasteiger partial charge in [0.05, 0.1) is 7.11 Å². The molecule has 0 spiro atoms. The highest BCUT2D eigenvalue weighted by Crippen LogP contribution is 2.27. The van der Waals surface area contributed by atoms with Crippen molar-refractivity contribution in [3.8, 4) is 5.75 Å². The zero-order valence-corrected chi connectivity index (χ0v) is 17.4. The first kappa shape index (κ1) is 19.9. The molecule has 0 unspecified atom stereocenters. The molecule has 5 heteroatoms. The molecule has 1 atom stereocenters. The van der Waals surface area contributed by atoms with Crippen molar-refractivity contribution in [2.24, 2.45) is 0 Å².